The van der Waals surface area contributed by atoms with E-state index in [4.69, 9.17) is 9.47 Å². The van der Waals surface area contributed by atoms with Gasteiger partial charge < -0.3 is 24.3 Å². The van der Waals surface area contributed by atoms with Crippen LogP contribution in [-0.2, 0) is 40.0 Å². The Balaban J connectivity index is 1.12. The predicted molar refractivity (Wildman–Crippen MR) is 137 cm³/mol. The van der Waals surface area contributed by atoms with Gasteiger partial charge >= 0.3 is 6.18 Å². The number of aromatic amines is 1. The van der Waals surface area contributed by atoms with Crippen LogP contribution >= 0.6 is 0 Å². The van der Waals surface area contributed by atoms with Gasteiger partial charge in [0.05, 0.1) is 42.0 Å². The number of likely N-dealkylation sites (tertiary alicyclic amines) is 1. The standard InChI is InChI=1S/C27H35F3N6O4/c28-27(29,30)17-10-19-12-34(6-7-36(19)25(38)11-17)15-24(37)33-21-13-35(18-2-1-8-39-9-5-18)14-23(21)40-22-4-3-20-26(22)32-16-31-20/h10-11,16,18,21-23H,1-9,12-15H2,(H,31,32)(H,33,37)/t18?,21?,22?,23-/m0/s1. The fraction of sp³-hybridized carbons (Fsp3) is 0.667. The Kier molecular flexibility index (Phi) is 7.73. The lowest BCUT2D eigenvalue weighted by Crippen LogP contribution is -2.49. The number of halogens is 3. The molecule has 4 atom stereocenters. The van der Waals surface area contributed by atoms with Gasteiger partial charge in [0.25, 0.3) is 5.56 Å². The number of imidazole rings is 1. The van der Waals surface area contributed by atoms with E-state index < -0.39 is 17.3 Å². The van der Waals surface area contributed by atoms with Crippen LogP contribution in [0.1, 0.15) is 54.4 Å². The molecule has 2 N–H and O–H groups in total. The molecule has 40 heavy (non-hydrogen) atoms. The molecular weight excluding hydrogens is 529 g/mol. The fourth-order valence-electron chi connectivity index (χ4n) is 6.54. The number of pyridine rings is 1. The summed E-state index contributed by atoms with van der Waals surface area (Å²) in [5, 5.41) is 3.17. The summed E-state index contributed by atoms with van der Waals surface area (Å²) in [6.45, 7) is 3.61. The lowest BCUT2D eigenvalue weighted by atomic mass is 10.1. The van der Waals surface area contributed by atoms with Crippen molar-refractivity contribution in [1.82, 2.24) is 29.7 Å². The van der Waals surface area contributed by atoms with Gasteiger partial charge in [-0.1, -0.05) is 0 Å². The van der Waals surface area contributed by atoms with Crippen LogP contribution in [0.4, 0.5) is 13.2 Å². The third-order valence-electron chi connectivity index (χ3n) is 8.57. The van der Waals surface area contributed by atoms with Gasteiger partial charge in [0.2, 0.25) is 5.91 Å². The van der Waals surface area contributed by atoms with Gasteiger partial charge in [-0.3, -0.25) is 19.4 Å². The molecule has 2 fully saturated rings. The van der Waals surface area contributed by atoms with Crippen LogP contribution in [0.2, 0.25) is 0 Å². The first-order valence-electron chi connectivity index (χ1n) is 14.1. The third-order valence-corrected chi connectivity index (χ3v) is 8.57. The number of hydrogen-bond donors (Lipinski definition) is 2. The van der Waals surface area contributed by atoms with Crippen molar-refractivity contribution in [3.8, 4) is 0 Å². The van der Waals surface area contributed by atoms with Crippen LogP contribution in [0.3, 0.4) is 0 Å². The number of carbonyl (C=O) groups is 1. The van der Waals surface area contributed by atoms with Crippen molar-refractivity contribution in [3.63, 3.8) is 0 Å². The van der Waals surface area contributed by atoms with Crippen LogP contribution in [0.15, 0.2) is 23.3 Å². The molecule has 6 rings (SSSR count). The topological polar surface area (TPSA) is 105 Å². The number of H-pyrrole nitrogens is 1. The van der Waals surface area contributed by atoms with Gasteiger partial charge in [-0.2, -0.15) is 13.2 Å². The maximum atomic E-state index is 13.3. The van der Waals surface area contributed by atoms with Gasteiger partial charge in [-0.25, -0.2) is 4.98 Å². The molecule has 4 aliphatic rings. The second kappa shape index (κ2) is 11.3. The highest BCUT2D eigenvalue weighted by Gasteiger charge is 2.41. The molecule has 1 aliphatic carbocycles. The van der Waals surface area contributed by atoms with Crippen molar-refractivity contribution in [2.75, 3.05) is 39.4 Å². The number of hydrogen-bond acceptors (Lipinski definition) is 7. The summed E-state index contributed by atoms with van der Waals surface area (Å²) in [6.07, 6.45) is 1.46. The largest absolute Gasteiger partial charge is 0.416 e. The highest BCUT2D eigenvalue weighted by atomic mass is 19.4. The van der Waals surface area contributed by atoms with Gasteiger partial charge in [0.1, 0.15) is 6.10 Å². The molecule has 3 unspecified atom stereocenters. The minimum absolute atomic E-state index is 0.0268. The Morgan fingerprint density at radius 2 is 2.05 bits per heavy atom. The molecule has 2 aromatic rings. The summed E-state index contributed by atoms with van der Waals surface area (Å²) >= 11 is 0. The van der Waals surface area contributed by atoms with E-state index >= 15 is 0 Å². The van der Waals surface area contributed by atoms with Gasteiger partial charge in [0.15, 0.2) is 0 Å². The van der Waals surface area contributed by atoms with E-state index in [0.29, 0.717) is 31.7 Å². The van der Waals surface area contributed by atoms with Crippen molar-refractivity contribution in [3.05, 3.63) is 51.5 Å². The Bertz CT molecular complexity index is 1270. The smallest absolute Gasteiger partial charge is 0.381 e. The number of nitrogens with zero attached hydrogens (tertiary/aromatic N) is 4. The van der Waals surface area contributed by atoms with Crippen LogP contribution in [0.5, 0.6) is 0 Å². The highest BCUT2D eigenvalue weighted by Crippen LogP contribution is 2.35. The molecule has 0 saturated carbocycles. The highest BCUT2D eigenvalue weighted by molar-refractivity contribution is 5.78. The molecule has 2 saturated heterocycles. The molecule has 0 aromatic carbocycles. The van der Waals surface area contributed by atoms with Crippen LogP contribution < -0.4 is 10.9 Å². The summed E-state index contributed by atoms with van der Waals surface area (Å²) in [5.41, 5.74) is 0.666. The number of ether oxygens (including phenoxy) is 2. The Morgan fingerprint density at radius 1 is 1.18 bits per heavy atom. The van der Waals surface area contributed by atoms with Gasteiger partial charge in [-0.05, 0) is 38.2 Å². The zero-order valence-corrected chi connectivity index (χ0v) is 22.3. The molecule has 10 nitrogen and oxygen atoms in total. The first-order chi connectivity index (χ1) is 19.2. The van der Waals surface area contributed by atoms with E-state index in [1.807, 2.05) is 0 Å². The van der Waals surface area contributed by atoms with Crippen LogP contribution in [-0.4, -0.2) is 87.8 Å². The van der Waals surface area contributed by atoms with Crippen molar-refractivity contribution >= 4 is 5.91 Å². The molecule has 218 valence electrons. The third kappa shape index (κ3) is 5.83. The lowest BCUT2D eigenvalue weighted by Gasteiger charge is -2.30. The lowest BCUT2D eigenvalue weighted by molar-refractivity contribution is -0.138. The van der Waals surface area contributed by atoms with Crippen LogP contribution in [0, 0.1) is 0 Å². The van der Waals surface area contributed by atoms with E-state index in [2.05, 4.69) is 20.2 Å². The molecule has 5 heterocycles. The molecule has 1 amide bonds. The number of rotatable bonds is 6. The SMILES string of the molecule is O=C(CN1CCn2c(cc(C(F)(F)F)cc2=O)C1)NC1CN(C2CCCOCC2)C[C@@H]1OC1CCc2nc[nH]c21. The van der Waals surface area contributed by atoms with Crippen molar-refractivity contribution in [2.45, 2.75) is 75.7 Å². The number of fused-ring (bicyclic) bond motifs is 2. The van der Waals surface area contributed by atoms with E-state index in [9.17, 15) is 22.8 Å². The average Bonchev–Trinajstić information content (AvgIpc) is 3.56. The van der Waals surface area contributed by atoms with Gasteiger partial charge in [-0.15, -0.1) is 0 Å². The number of carbonyl (C=O) groups excluding carboxylic acids is 1. The molecule has 0 radical (unpaired) electrons. The second-order valence-corrected chi connectivity index (χ2v) is 11.2. The molecular formula is C27H35F3N6O4. The van der Waals surface area contributed by atoms with Crippen LogP contribution in [0.25, 0.3) is 0 Å². The van der Waals surface area contributed by atoms with E-state index in [-0.39, 0.29) is 49.5 Å². The zero-order chi connectivity index (χ0) is 27.9. The Labute approximate surface area is 229 Å². The molecule has 3 aliphatic heterocycles. The number of nitrogens with one attached hydrogen (secondary N) is 2. The summed E-state index contributed by atoms with van der Waals surface area (Å²) in [6, 6.07) is 1.78. The van der Waals surface area contributed by atoms with E-state index in [1.54, 1.807) is 11.2 Å². The van der Waals surface area contributed by atoms with Crippen molar-refractivity contribution in [2.24, 2.45) is 0 Å². The number of aromatic nitrogens is 3. The predicted octanol–water partition coefficient (Wildman–Crippen LogP) is 1.85. The Hall–Kier alpha value is -2.74. The maximum absolute atomic E-state index is 13.3. The monoisotopic (exact) mass is 564 g/mol. The maximum Gasteiger partial charge on any atom is 0.416 e. The number of aryl methyl sites for hydroxylation is 1. The zero-order valence-electron chi connectivity index (χ0n) is 22.3. The first-order valence-corrected chi connectivity index (χ1v) is 14.1. The van der Waals surface area contributed by atoms with Crippen molar-refractivity contribution < 1.29 is 27.4 Å². The number of amides is 1. The minimum atomic E-state index is -4.60. The molecule has 13 heteroatoms. The number of alkyl halides is 3. The molecule has 2 aromatic heterocycles. The second-order valence-electron chi connectivity index (χ2n) is 11.2. The van der Waals surface area contributed by atoms with Crippen molar-refractivity contribution in [1.29, 1.82) is 0 Å². The summed E-state index contributed by atoms with van der Waals surface area (Å²) in [4.78, 5) is 37.2. The fourth-order valence-corrected chi connectivity index (χ4v) is 6.54. The average molecular weight is 565 g/mol. The summed E-state index contributed by atoms with van der Waals surface area (Å²) < 4.78 is 53.4. The Morgan fingerprint density at radius 3 is 2.90 bits per heavy atom. The van der Waals surface area contributed by atoms with E-state index in [1.165, 1.54) is 4.57 Å². The summed E-state index contributed by atoms with van der Waals surface area (Å²) in [7, 11) is 0. The quantitative estimate of drug-likeness (QED) is 0.552. The van der Waals surface area contributed by atoms with Gasteiger partial charge in [0, 0.05) is 63.7 Å². The first kappa shape index (κ1) is 27.4. The normalized spacial score (nSPS) is 27.8. The summed E-state index contributed by atoms with van der Waals surface area (Å²) in [5.74, 6) is -0.207. The van der Waals surface area contributed by atoms with E-state index in [0.717, 1.165) is 62.8 Å². The molecule has 0 bridgehead atoms. The minimum Gasteiger partial charge on any atom is -0.381 e. The molecule has 0 spiro atoms.